The highest BCUT2D eigenvalue weighted by atomic mass is 16.6. The maximum Gasteiger partial charge on any atom is 0.410 e. The van der Waals surface area contributed by atoms with Gasteiger partial charge in [-0.2, -0.15) is 4.80 Å². The Hall–Kier alpha value is -2.45. The van der Waals surface area contributed by atoms with Crippen LogP contribution in [0, 0.1) is 0 Å². The summed E-state index contributed by atoms with van der Waals surface area (Å²) in [5.41, 5.74) is 1.30. The summed E-state index contributed by atoms with van der Waals surface area (Å²) in [7, 11) is 3.59. The number of fused-ring (bicyclic) bond motifs is 1. The highest BCUT2D eigenvalue weighted by molar-refractivity contribution is 5.69. The lowest BCUT2D eigenvalue weighted by Gasteiger charge is -2.24. The van der Waals surface area contributed by atoms with Gasteiger partial charge in [-0.05, 0) is 26.0 Å². The zero-order valence-corrected chi connectivity index (χ0v) is 13.4. The van der Waals surface area contributed by atoms with Crippen molar-refractivity contribution in [1.29, 1.82) is 0 Å². The van der Waals surface area contributed by atoms with Gasteiger partial charge in [0.25, 0.3) is 0 Å². The molecule has 3 rings (SSSR count). The molecule has 2 aromatic rings. The monoisotopic (exact) mass is 305 g/mol. The molecule has 0 atom stereocenters. The van der Waals surface area contributed by atoms with E-state index < -0.39 is 5.60 Å². The van der Waals surface area contributed by atoms with E-state index in [9.17, 15) is 4.79 Å². The lowest BCUT2D eigenvalue weighted by atomic mass is 10.2. The Morgan fingerprint density at radius 1 is 1.23 bits per heavy atom. The standard InChI is InChI=1S/C13H19N7O2/c1-13(2,3)22-12(21)20-6-8-9(7-20)18(4)11(14-8)10-15-17-19(5)16-10/h6-7H2,1-5H3. The van der Waals surface area contributed by atoms with Crippen molar-refractivity contribution in [1.82, 2.24) is 34.7 Å². The Morgan fingerprint density at radius 3 is 2.50 bits per heavy atom. The summed E-state index contributed by atoms with van der Waals surface area (Å²) in [6.45, 7) is 6.45. The molecule has 9 nitrogen and oxygen atoms in total. The molecular formula is C13H19N7O2. The van der Waals surface area contributed by atoms with E-state index in [1.165, 1.54) is 4.80 Å². The molecule has 2 aromatic heterocycles. The second-order valence-corrected chi connectivity index (χ2v) is 6.33. The van der Waals surface area contributed by atoms with Crippen LogP contribution in [0.5, 0.6) is 0 Å². The summed E-state index contributed by atoms with van der Waals surface area (Å²) in [5.74, 6) is 1.13. The molecule has 3 heterocycles. The van der Waals surface area contributed by atoms with Crippen LogP contribution in [0.15, 0.2) is 0 Å². The molecule has 0 unspecified atom stereocenters. The van der Waals surface area contributed by atoms with Gasteiger partial charge in [0.2, 0.25) is 5.82 Å². The molecule has 0 saturated heterocycles. The van der Waals surface area contributed by atoms with Crippen LogP contribution in [-0.4, -0.2) is 46.4 Å². The van der Waals surface area contributed by atoms with Crippen molar-refractivity contribution in [3.05, 3.63) is 11.4 Å². The SMILES string of the molecule is Cn1nnc(-c2nc3c(n2C)CN(C(=O)OC(C)(C)C)C3)n1. The van der Waals surface area contributed by atoms with Gasteiger partial charge in [-0.1, -0.05) is 0 Å². The van der Waals surface area contributed by atoms with Crippen LogP contribution >= 0.6 is 0 Å². The number of hydrogen-bond acceptors (Lipinski definition) is 6. The summed E-state index contributed by atoms with van der Waals surface area (Å²) in [6.07, 6.45) is -0.329. The summed E-state index contributed by atoms with van der Waals surface area (Å²) in [5, 5.41) is 12.0. The van der Waals surface area contributed by atoms with Gasteiger partial charge in [0.05, 0.1) is 31.5 Å². The van der Waals surface area contributed by atoms with Crippen molar-refractivity contribution in [3.8, 4) is 11.6 Å². The Bertz CT molecular complexity index is 725. The predicted octanol–water partition coefficient (Wildman–Crippen LogP) is 0.861. The summed E-state index contributed by atoms with van der Waals surface area (Å²) < 4.78 is 7.29. The first-order chi connectivity index (χ1) is 10.2. The fourth-order valence-corrected chi connectivity index (χ4v) is 2.36. The maximum atomic E-state index is 12.1. The van der Waals surface area contributed by atoms with Crippen molar-refractivity contribution >= 4 is 6.09 Å². The Labute approximate surface area is 127 Å². The molecule has 0 saturated carbocycles. The Balaban J connectivity index is 1.80. The molecule has 0 aromatic carbocycles. The minimum atomic E-state index is -0.506. The number of nitrogens with zero attached hydrogens (tertiary/aromatic N) is 7. The molecule has 118 valence electrons. The van der Waals surface area contributed by atoms with Gasteiger partial charge in [-0.3, -0.25) is 4.90 Å². The minimum absolute atomic E-state index is 0.329. The van der Waals surface area contributed by atoms with Gasteiger partial charge in [-0.15, -0.1) is 10.2 Å². The molecular weight excluding hydrogens is 286 g/mol. The lowest BCUT2D eigenvalue weighted by Crippen LogP contribution is -2.33. The fraction of sp³-hybridized carbons (Fsp3) is 0.615. The predicted molar refractivity (Wildman–Crippen MR) is 76.5 cm³/mol. The van der Waals surface area contributed by atoms with Crippen LogP contribution in [0.2, 0.25) is 0 Å². The first-order valence-electron chi connectivity index (χ1n) is 7.01. The second kappa shape index (κ2) is 4.79. The number of hydrogen-bond donors (Lipinski definition) is 0. The molecule has 1 amide bonds. The number of ether oxygens (including phenoxy) is 1. The van der Waals surface area contributed by atoms with Crippen LogP contribution in [0.3, 0.4) is 0 Å². The number of amides is 1. The van der Waals surface area contributed by atoms with Crippen molar-refractivity contribution in [2.75, 3.05) is 0 Å². The maximum absolute atomic E-state index is 12.1. The van der Waals surface area contributed by atoms with Crippen LogP contribution in [0.25, 0.3) is 11.6 Å². The van der Waals surface area contributed by atoms with Gasteiger partial charge in [-0.25, -0.2) is 9.78 Å². The van der Waals surface area contributed by atoms with E-state index >= 15 is 0 Å². The smallest absolute Gasteiger partial charge is 0.410 e. The molecule has 0 N–H and O–H groups in total. The van der Waals surface area contributed by atoms with E-state index in [4.69, 9.17) is 4.74 Å². The molecule has 0 fully saturated rings. The zero-order chi connectivity index (χ0) is 16.1. The first kappa shape index (κ1) is 14.5. The molecule has 9 heteroatoms. The number of aryl methyl sites for hydroxylation is 1. The van der Waals surface area contributed by atoms with Gasteiger partial charge in [0, 0.05) is 7.05 Å². The van der Waals surface area contributed by atoms with Crippen molar-refractivity contribution < 1.29 is 9.53 Å². The van der Waals surface area contributed by atoms with Gasteiger partial charge in [0.15, 0.2) is 5.82 Å². The second-order valence-electron chi connectivity index (χ2n) is 6.33. The van der Waals surface area contributed by atoms with E-state index in [0.717, 1.165) is 11.4 Å². The van der Waals surface area contributed by atoms with Crippen molar-refractivity contribution in [3.63, 3.8) is 0 Å². The molecule has 22 heavy (non-hydrogen) atoms. The van der Waals surface area contributed by atoms with Crippen LogP contribution in [-0.2, 0) is 31.9 Å². The largest absolute Gasteiger partial charge is 0.444 e. The summed E-state index contributed by atoms with van der Waals surface area (Å²) >= 11 is 0. The first-order valence-corrected chi connectivity index (χ1v) is 7.01. The molecule has 1 aliphatic heterocycles. The number of aromatic nitrogens is 6. The third-order valence-corrected chi connectivity index (χ3v) is 3.34. The Kier molecular flexibility index (Phi) is 3.15. The number of rotatable bonds is 1. The molecule has 1 aliphatic rings. The molecule has 0 bridgehead atoms. The molecule has 0 aliphatic carbocycles. The fourth-order valence-electron chi connectivity index (χ4n) is 2.36. The summed E-state index contributed by atoms with van der Waals surface area (Å²) in [4.78, 5) is 19.7. The lowest BCUT2D eigenvalue weighted by molar-refractivity contribution is 0.0238. The molecule has 0 radical (unpaired) electrons. The quantitative estimate of drug-likeness (QED) is 0.776. The van der Waals surface area contributed by atoms with E-state index in [1.54, 1.807) is 11.9 Å². The van der Waals surface area contributed by atoms with Crippen LogP contribution < -0.4 is 0 Å². The topological polar surface area (TPSA) is 91.0 Å². The number of carbonyl (C=O) groups is 1. The van der Waals surface area contributed by atoms with Gasteiger partial charge < -0.3 is 9.30 Å². The normalized spacial score (nSPS) is 14.3. The average molecular weight is 305 g/mol. The molecule has 0 spiro atoms. The van der Waals surface area contributed by atoms with E-state index in [0.29, 0.717) is 24.7 Å². The van der Waals surface area contributed by atoms with E-state index in [-0.39, 0.29) is 6.09 Å². The average Bonchev–Trinajstić information content (AvgIpc) is 3.04. The van der Waals surface area contributed by atoms with Crippen LogP contribution in [0.4, 0.5) is 4.79 Å². The van der Waals surface area contributed by atoms with Gasteiger partial charge >= 0.3 is 6.09 Å². The minimum Gasteiger partial charge on any atom is -0.444 e. The number of tetrazole rings is 1. The number of carbonyl (C=O) groups excluding carboxylic acids is 1. The third kappa shape index (κ3) is 2.53. The zero-order valence-electron chi connectivity index (χ0n) is 13.4. The van der Waals surface area contributed by atoms with Crippen LogP contribution in [0.1, 0.15) is 32.2 Å². The summed E-state index contributed by atoms with van der Waals surface area (Å²) in [6, 6.07) is 0. The number of imidazole rings is 1. The van der Waals surface area contributed by atoms with Crippen molar-refractivity contribution in [2.45, 2.75) is 39.5 Å². The highest BCUT2D eigenvalue weighted by Gasteiger charge is 2.32. The van der Waals surface area contributed by atoms with Crippen molar-refractivity contribution in [2.24, 2.45) is 14.1 Å². The van der Waals surface area contributed by atoms with Gasteiger partial charge in [0.1, 0.15) is 5.60 Å². The van der Waals surface area contributed by atoms with E-state index in [2.05, 4.69) is 20.4 Å². The van der Waals surface area contributed by atoms with E-state index in [1.807, 2.05) is 32.4 Å². The third-order valence-electron chi connectivity index (χ3n) is 3.34. The highest BCUT2D eigenvalue weighted by Crippen LogP contribution is 2.27. The Morgan fingerprint density at radius 2 is 1.95 bits per heavy atom.